The minimum Gasteiger partial charge on any atom is -0.494 e. The van der Waals surface area contributed by atoms with Crippen LogP contribution in [-0.4, -0.2) is 68.1 Å². The number of hydrogen-bond donors (Lipinski definition) is 2. The number of para-hydroxylation sites is 1. The van der Waals surface area contributed by atoms with Gasteiger partial charge in [-0.2, -0.15) is 0 Å². The van der Waals surface area contributed by atoms with E-state index in [1.54, 1.807) is 13.2 Å². The second-order valence-electron chi connectivity index (χ2n) is 7.20. The van der Waals surface area contributed by atoms with Crippen molar-refractivity contribution < 1.29 is 9.53 Å². The lowest BCUT2D eigenvalue weighted by atomic mass is 10.2. The molecule has 3 rings (SSSR count). The summed E-state index contributed by atoms with van der Waals surface area (Å²) in [6.45, 7) is 6.78. The third-order valence-electron chi connectivity index (χ3n) is 5.18. The van der Waals surface area contributed by atoms with Crippen LogP contribution in [0.15, 0.2) is 53.7 Å². The molecule has 174 valence electrons. The third-order valence-corrected chi connectivity index (χ3v) is 5.18. The second-order valence-corrected chi connectivity index (χ2v) is 7.20. The topological polar surface area (TPSA) is 82.1 Å². The van der Waals surface area contributed by atoms with Crippen molar-refractivity contribution in [3.63, 3.8) is 0 Å². The second kappa shape index (κ2) is 13.8. The fourth-order valence-corrected chi connectivity index (χ4v) is 3.52. The molecular formula is C23H33IN6O2. The summed E-state index contributed by atoms with van der Waals surface area (Å²) in [7, 11) is 1.72. The van der Waals surface area contributed by atoms with Crippen molar-refractivity contribution in [1.82, 2.24) is 20.5 Å². The Balaban J connectivity index is 0.00000363. The first-order chi connectivity index (χ1) is 15.2. The van der Waals surface area contributed by atoms with E-state index >= 15 is 0 Å². The van der Waals surface area contributed by atoms with Crippen molar-refractivity contribution in [2.45, 2.75) is 19.9 Å². The monoisotopic (exact) mass is 552 g/mol. The van der Waals surface area contributed by atoms with Gasteiger partial charge >= 0.3 is 0 Å². The highest BCUT2D eigenvalue weighted by Gasteiger charge is 2.21. The summed E-state index contributed by atoms with van der Waals surface area (Å²) in [6.07, 6.45) is 2.23. The van der Waals surface area contributed by atoms with E-state index in [0.29, 0.717) is 32.1 Å². The van der Waals surface area contributed by atoms with E-state index in [1.165, 1.54) is 0 Å². The van der Waals surface area contributed by atoms with Gasteiger partial charge in [0.2, 0.25) is 5.91 Å². The third kappa shape index (κ3) is 7.54. The highest BCUT2D eigenvalue weighted by molar-refractivity contribution is 14.0. The molecule has 0 spiro atoms. The minimum atomic E-state index is 0. The van der Waals surface area contributed by atoms with Gasteiger partial charge in [-0.25, -0.2) is 4.98 Å². The van der Waals surface area contributed by atoms with Crippen molar-refractivity contribution in [2.75, 3.05) is 51.3 Å². The summed E-state index contributed by atoms with van der Waals surface area (Å²) < 4.78 is 5.66. The molecule has 1 aromatic carbocycles. The number of benzene rings is 1. The first-order valence-electron chi connectivity index (χ1n) is 10.8. The summed E-state index contributed by atoms with van der Waals surface area (Å²) in [6, 6.07) is 13.8. The summed E-state index contributed by atoms with van der Waals surface area (Å²) in [5.74, 6) is 2.66. The number of amides is 1. The zero-order valence-electron chi connectivity index (χ0n) is 18.8. The molecule has 1 aliphatic heterocycles. The van der Waals surface area contributed by atoms with Crippen molar-refractivity contribution in [2.24, 2.45) is 4.99 Å². The van der Waals surface area contributed by atoms with Crippen molar-refractivity contribution >= 4 is 41.7 Å². The largest absolute Gasteiger partial charge is 0.494 e. The predicted molar refractivity (Wildman–Crippen MR) is 139 cm³/mol. The quantitative estimate of drug-likeness (QED) is 0.298. The molecule has 32 heavy (non-hydrogen) atoms. The van der Waals surface area contributed by atoms with Crippen LogP contribution in [0.4, 0.5) is 5.82 Å². The van der Waals surface area contributed by atoms with Gasteiger partial charge in [-0.15, -0.1) is 24.0 Å². The van der Waals surface area contributed by atoms with E-state index in [2.05, 4.69) is 25.5 Å². The van der Waals surface area contributed by atoms with Crippen LogP contribution >= 0.6 is 24.0 Å². The van der Waals surface area contributed by atoms with E-state index in [-0.39, 0.29) is 29.9 Å². The van der Waals surface area contributed by atoms with Gasteiger partial charge in [-0.1, -0.05) is 24.3 Å². The number of halogens is 1. The number of anilines is 1. The zero-order chi connectivity index (χ0) is 21.9. The smallest absolute Gasteiger partial charge is 0.224 e. The normalized spacial score (nSPS) is 13.9. The number of hydrogen-bond acceptors (Lipinski definition) is 5. The molecule has 0 unspecified atom stereocenters. The van der Waals surface area contributed by atoms with E-state index < -0.39 is 0 Å². The molecule has 8 nitrogen and oxygen atoms in total. The van der Waals surface area contributed by atoms with Crippen LogP contribution in [0, 0.1) is 0 Å². The summed E-state index contributed by atoms with van der Waals surface area (Å²) in [5, 5.41) is 6.51. The highest BCUT2D eigenvalue weighted by atomic mass is 127. The number of carbonyl (C=O) groups excluding carboxylic acids is 1. The average molecular weight is 552 g/mol. The van der Waals surface area contributed by atoms with Gasteiger partial charge < -0.3 is 25.2 Å². The number of carbonyl (C=O) groups is 1. The van der Waals surface area contributed by atoms with Crippen molar-refractivity contribution in [1.29, 1.82) is 0 Å². The van der Waals surface area contributed by atoms with Crippen LogP contribution in [0.25, 0.3) is 0 Å². The number of nitrogens with zero attached hydrogens (tertiary/aromatic N) is 4. The average Bonchev–Trinajstić information content (AvgIpc) is 2.83. The fraction of sp³-hybridized carbons (Fsp3) is 0.435. The Hall–Kier alpha value is -2.56. The van der Waals surface area contributed by atoms with E-state index in [0.717, 1.165) is 43.3 Å². The number of rotatable bonds is 8. The fourth-order valence-electron chi connectivity index (χ4n) is 3.52. The molecule has 0 atom stereocenters. The van der Waals surface area contributed by atoms with Gasteiger partial charge in [0, 0.05) is 64.5 Å². The predicted octanol–water partition coefficient (Wildman–Crippen LogP) is 2.50. The molecular weight excluding hydrogens is 519 g/mol. The van der Waals surface area contributed by atoms with Crippen molar-refractivity contribution in [3.8, 4) is 5.75 Å². The molecule has 9 heteroatoms. The summed E-state index contributed by atoms with van der Waals surface area (Å²) in [5.41, 5.74) is 1.06. The van der Waals surface area contributed by atoms with Gasteiger partial charge in [-0.3, -0.25) is 9.79 Å². The first kappa shape index (κ1) is 25.7. The van der Waals surface area contributed by atoms with E-state index in [4.69, 9.17) is 4.74 Å². The molecule has 1 amide bonds. The molecule has 2 heterocycles. The lowest BCUT2D eigenvalue weighted by molar-refractivity contribution is -0.131. The molecule has 0 aliphatic carbocycles. The standard InChI is InChI=1S/C23H32N6O2.HI/c1-3-31-20-9-5-4-8-19(20)18-27-23(24-2)26-13-11-22(30)29-16-14-28(15-17-29)21-10-6-7-12-25-21;/h4-10,12H,3,11,13-18H2,1-2H3,(H2,24,26,27);1H. The number of aliphatic imine (C=N–C) groups is 1. The molecule has 2 N–H and O–H groups in total. The number of ether oxygens (including phenoxy) is 1. The Morgan fingerprint density at radius 1 is 1.09 bits per heavy atom. The molecule has 2 aromatic rings. The lowest BCUT2D eigenvalue weighted by Gasteiger charge is -2.35. The maximum atomic E-state index is 12.6. The van der Waals surface area contributed by atoms with E-state index in [1.807, 2.05) is 54.3 Å². The van der Waals surface area contributed by atoms with Gasteiger partial charge in [0.1, 0.15) is 11.6 Å². The Kier molecular flexibility index (Phi) is 11.1. The highest BCUT2D eigenvalue weighted by Crippen LogP contribution is 2.17. The first-order valence-corrected chi connectivity index (χ1v) is 10.8. The maximum absolute atomic E-state index is 12.6. The number of piperazine rings is 1. The Labute approximate surface area is 207 Å². The van der Waals surface area contributed by atoms with Crippen LogP contribution in [0.2, 0.25) is 0 Å². The van der Waals surface area contributed by atoms with E-state index in [9.17, 15) is 4.79 Å². The Morgan fingerprint density at radius 3 is 2.53 bits per heavy atom. The number of guanidine groups is 1. The summed E-state index contributed by atoms with van der Waals surface area (Å²) in [4.78, 5) is 25.4. The lowest BCUT2D eigenvalue weighted by Crippen LogP contribution is -2.49. The Bertz CT molecular complexity index is 857. The van der Waals surface area contributed by atoms with Gasteiger partial charge in [0.25, 0.3) is 0 Å². The van der Waals surface area contributed by atoms with Crippen LogP contribution in [0.5, 0.6) is 5.75 Å². The van der Waals surface area contributed by atoms with Crippen LogP contribution in [0.3, 0.4) is 0 Å². The zero-order valence-corrected chi connectivity index (χ0v) is 21.1. The van der Waals surface area contributed by atoms with Gasteiger partial charge in [-0.05, 0) is 25.1 Å². The molecule has 1 aliphatic rings. The summed E-state index contributed by atoms with van der Waals surface area (Å²) >= 11 is 0. The molecule has 1 saturated heterocycles. The van der Waals surface area contributed by atoms with Gasteiger partial charge in [0.15, 0.2) is 5.96 Å². The number of pyridine rings is 1. The molecule has 1 fully saturated rings. The van der Waals surface area contributed by atoms with Crippen LogP contribution < -0.4 is 20.3 Å². The van der Waals surface area contributed by atoms with Crippen LogP contribution in [-0.2, 0) is 11.3 Å². The van der Waals surface area contributed by atoms with Crippen LogP contribution in [0.1, 0.15) is 18.9 Å². The Morgan fingerprint density at radius 2 is 1.84 bits per heavy atom. The van der Waals surface area contributed by atoms with Crippen molar-refractivity contribution in [3.05, 3.63) is 54.2 Å². The minimum absolute atomic E-state index is 0. The SMILES string of the molecule is CCOc1ccccc1CNC(=NC)NCCC(=O)N1CCN(c2ccccn2)CC1.I. The molecule has 0 bridgehead atoms. The maximum Gasteiger partial charge on any atom is 0.224 e. The number of nitrogens with one attached hydrogen (secondary N) is 2. The number of aromatic nitrogens is 1. The molecule has 0 radical (unpaired) electrons. The molecule has 0 saturated carbocycles. The van der Waals surface area contributed by atoms with Gasteiger partial charge in [0.05, 0.1) is 6.61 Å². The molecule has 1 aromatic heterocycles.